The molecule has 0 radical (unpaired) electrons. The fourth-order valence-electron chi connectivity index (χ4n) is 1.80. The van der Waals surface area contributed by atoms with Crippen molar-refractivity contribution in [1.82, 2.24) is 14.8 Å². The van der Waals surface area contributed by atoms with E-state index in [-0.39, 0.29) is 5.91 Å². The Labute approximate surface area is 105 Å². The van der Waals surface area contributed by atoms with Crippen LogP contribution in [-0.4, -0.2) is 60.5 Å². The number of hydrogen-bond acceptors (Lipinski definition) is 5. The molecule has 6 heteroatoms. The van der Waals surface area contributed by atoms with Gasteiger partial charge in [-0.25, -0.2) is 4.98 Å². The summed E-state index contributed by atoms with van der Waals surface area (Å²) in [7, 11) is 2.13. The zero-order valence-corrected chi connectivity index (χ0v) is 10.9. The molecule has 0 unspecified atom stereocenters. The minimum absolute atomic E-state index is 0.0545. The van der Waals surface area contributed by atoms with Crippen LogP contribution in [0, 0.1) is 0 Å². The van der Waals surface area contributed by atoms with Gasteiger partial charge in [-0.2, -0.15) is 0 Å². The molecule has 0 atom stereocenters. The molecule has 1 N–H and O–H groups in total. The van der Waals surface area contributed by atoms with E-state index in [0.717, 1.165) is 32.7 Å². The molecule has 0 saturated carbocycles. The molecule has 1 fully saturated rings. The van der Waals surface area contributed by atoms with Gasteiger partial charge >= 0.3 is 0 Å². The second-order valence-corrected chi connectivity index (χ2v) is 5.17. The average molecular weight is 254 g/mol. The Morgan fingerprint density at radius 1 is 1.47 bits per heavy atom. The Balaban J connectivity index is 1.66. The second-order valence-electron chi connectivity index (χ2n) is 4.28. The minimum atomic E-state index is 0.0545. The van der Waals surface area contributed by atoms with Crippen LogP contribution in [0.1, 0.15) is 6.42 Å². The smallest absolute Gasteiger partial charge is 0.227 e. The highest BCUT2D eigenvalue weighted by atomic mass is 32.1. The van der Waals surface area contributed by atoms with E-state index in [1.807, 2.05) is 5.38 Å². The van der Waals surface area contributed by atoms with Gasteiger partial charge < -0.3 is 15.1 Å². The van der Waals surface area contributed by atoms with Crippen molar-refractivity contribution in [2.75, 3.05) is 45.1 Å². The zero-order valence-electron chi connectivity index (χ0n) is 10.1. The van der Waals surface area contributed by atoms with Crippen LogP contribution >= 0.6 is 11.3 Å². The van der Waals surface area contributed by atoms with Crippen molar-refractivity contribution in [2.45, 2.75) is 6.42 Å². The molecule has 0 aliphatic carbocycles. The van der Waals surface area contributed by atoms with Crippen LogP contribution in [0.15, 0.2) is 11.6 Å². The van der Waals surface area contributed by atoms with Gasteiger partial charge in [-0.3, -0.25) is 4.79 Å². The third kappa shape index (κ3) is 4.07. The molecular formula is C11H18N4OS. The summed E-state index contributed by atoms with van der Waals surface area (Å²) in [6, 6.07) is 0. The van der Waals surface area contributed by atoms with Gasteiger partial charge in [0, 0.05) is 50.7 Å². The van der Waals surface area contributed by atoms with Gasteiger partial charge in [0.05, 0.1) is 0 Å². The summed E-state index contributed by atoms with van der Waals surface area (Å²) >= 11 is 1.45. The maximum absolute atomic E-state index is 11.6. The number of carbonyl (C=O) groups excluding carboxylic acids is 1. The first-order chi connectivity index (χ1) is 8.24. The molecule has 1 aliphatic heterocycles. The molecule has 0 bridgehead atoms. The summed E-state index contributed by atoms with van der Waals surface area (Å²) in [5.74, 6) is 0.0545. The van der Waals surface area contributed by atoms with Crippen molar-refractivity contribution in [3.63, 3.8) is 0 Å². The molecule has 0 aromatic carbocycles. The molecule has 5 nitrogen and oxygen atoms in total. The number of anilines is 1. The number of rotatable bonds is 4. The molecule has 1 saturated heterocycles. The maximum Gasteiger partial charge on any atom is 0.227 e. The lowest BCUT2D eigenvalue weighted by Crippen LogP contribution is -2.45. The van der Waals surface area contributed by atoms with Crippen molar-refractivity contribution < 1.29 is 4.79 Å². The quantitative estimate of drug-likeness (QED) is 0.860. The Morgan fingerprint density at radius 3 is 2.88 bits per heavy atom. The highest BCUT2D eigenvalue weighted by Crippen LogP contribution is 2.10. The Bertz CT molecular complexity index is 346. The first kappa shape index (κ1) is 12.5. The lowest BCUT2D eigenvalue weighted by atomic mass is 10.3. The van der Waals surface area contributed by atoms with Crippen LogP contribution in [0.4, 0.5) is 5.13 Å². The molecule has 2 rings (SSSR count). The number of nitrogens with zero attached hydrogens (tertiary/aromatic N) is 3. The van der Waals surface area contributed by atoms with Crippen LogP contribution in [-0.2, 0) is 4.79 Å². The Morgan fingerprint density at radius 2 is 2.24 bits per heavy atom. The minimum Gasteiger partial charge on any atom is -0.304 e. The van der Waals surface area contributed by atoms with E-state index in [4.69, 9.17) is 0 Å². The van der Waals surface area contributed by atoms with Gasteiger partial charge in [-0.15, -0.1) is 11.3 Å². The molecule has 17 heavy (non-hydrogen) atoms. The molecular weight excluding hydrogens is 236 g/mol. The highest BCUT2D eigenvalue weighted by Gasteiger charge is 2.14. The van der Waals surface area contributed by atoms with Crippen molar-refractivity contribution >= 4 is 22.4 Å². The zero-order chi connectivity index (χ0) is 12.1. The van der Waals surface area contributed by atoms with Crippen LogP contribution < -0.4 is 5.32 Å². The topological polar surface area (TPSA) is 48.5 Å². The lowest BCUT2D eigenvalue weighted by molar-refractivity contribution is -0.116. The van der Waals surface area contributed by atoms with Crippen molar-refractivity contribution in [1.29, 1.82) is 0 Å². The summed E-state index contributed by atoms with van der Waals surface area (Å²) in [6.07, 6.45) is 2.24. The fraction of sp³-hybridized carbons (Fsp3) is 0.636. The van der Waals surface area contributed by atoms with Crippen LogP contribution in [0.25, 0.3) is 0 Å². The largest absolute Gasteiger partial charge is 0.304 e. The predicted octanol–water partition coefficient (Wildman–Crippen LogP) is 0.719. The first-order valence-corrected chi connectivity index (χ1v) is 6.72. The highest BCUT2D eigenvalue weighted by molar-refractivity contribution is 7.13. The number of likely N-dealkylation sites (N-methyl/N-ethyl adjacent to an activating group) is 1. The van der Waals surface area contributed by atoms with Crippen LogP contribution in [0.2, 0.25) is 0 Å². The number of thiazole rings is 1. The number of nitrogens with one attached hydrogen (secondary N) is 1. The normalized spacial score (nSPS) is 18.2. The molecule has 1 aromatic rings. The number of carbonyl (C=O) groups is 1. The van der Waals surface area contributed by atoms with Gasteiger partial charge in [0.1, 0.15) is 0 Å². The van der Waals surface area contributed by atoms with E-state index in [2.05, 4.69) is 27.1 Å². The Hall–Kier alpha value is -0.980. The summed E-state index contributed by atoms with van der Waals surface area (Å²) in [4.78, 5) is 20.3. The van der Waals surface area contributed by atoms with Gasteiger partial charge in [-0.1, -0.05) is 0 Å². The molecule has 1 amide bonds. The third-order valence-corrected chi connectivity index (χ3v) is 3.62. The summed E-state index contributed by atoms with van der Waals surface area (Å²) in [5.41, 5.74) is 0. The number of amides is 1. The van der Waals surface area contributed by atoms with Gasteiger partial charge in [0.2, 0.25) is 5.91 Å². The van der Waals surface area contributed by atoms with E-state index in [9.17, 15) is 4.79 Å². The predicted molar refractivity (Wildman–Crippen MR) is 69.3 cm³/mol. The second kappa shape index (κ2) is 6.09. The summed E-state index contributed by atoms with van der Waals surface area (Å²) < 4.78 is 0. The van der Waals surface area contributed by atoms with Gasteiger partial charge in [-0.05, 0) is 7.05 Å². The maximum atomic E-state index is 11.6. The van der Waals surface area contributed by atoms with Crippen molar-refractivity contribution in [3.8, 4) is 0 Å². The van der Waals surface area contributed by atoms with E-state index >= 15 is 0 Å². The van der Waals surface area contributed by atoms with E-state index < -0.39 is 0 Å². The SMILES string of the molecule is CN1CCN(CCC(=O)Nc2nccs2)CC1. The van der Waals surface area contributed by atoms with E-state index in [0.29, 0.717) is 11.6 Å². The molecule has 94 valence electrons. The van der Waals surface area contributed by atoms with Crippen molar-refractivity contribution in [3.05, 3.63) is 11.6 Å². The molecule has 1 aliphatic rings. The molecule has 1 aromatic heterocycles. The number of hydrogen-bond donors (Lipinski definition) is 1. The monoisotopic (exact) mass is 254 g/mol. The Kier molecular flexibility index (Phi) is 4.47. The third-order valence-electron chi connectivity index (χ3n) is 2.93. The van der Waals surface area contributed by atoms with E-state index in [1.165, 1.54) is 11.3 Å². The summed E-state index contributed by atoms with van der Waals surface area (Å²) in [5, 5.41) is 5.35. The first-order valence-electron chi connectivity index (χ1n) is 5.84. The molecule has 2 heterocycles. The lowest BCUT2D eigenvalue weighted by Gasteiger charge is -2.32. The fourth-order valence-corrected chi connectivity index (χ4v) is 2.34. The van der Waals surface area contributed by atoms with Crippen molar-refractivity contribution in [2.24, 2.45) is 0 Å². The summed E-state index contributed by atoms with van der Waals surface area (Å²) in [6.45, 7) is 5.13. The van der Waals surface area contributed by atoms with E-state index in [1.54, 1.807) is 6.20 Å². The van der Waals surface area contributed by atoms with Gasteiger partial charge in [0.25, 0.3) is 0 Å². The number of aromatic nitrogens is 1. The standard InChI is InChI=1S/C11H18N4OS/c1-14-5-7-15(8-6-14)4-2-10(16)13-11-12-3-9-17-11/h3,9H,2,4-8H2,1H3,(H,12,13,16). The van der Waals surface area contributed by atoms with Crippen LogP contribution in [0.3, 0.4) is 0 Å². The van der Waals surface area contributed by atoms with Gasteiger partial charge in [0.15, 0.2) is 5.13 Å². The number of piperazine rings is 1. The average Bonchev–Trinajstić information content (AvgIpc) is 2.81. The molecule has 0 spiro atoms. The van der Waals surface area contributed by atoms with Crippen LogP contribution in [0.5, 0.6) is 0 Å².